The van der Waals surface area contributed by atoms with Crippen LogP contribution in [0, 0.1) is 0 Å². The van der Waals surface area contributed by atoms with Gasteiger partial charge >= 0.3 is 0 Å². The number of benzene rings is 2. The molecular formula is C20H24N2O3. The Bertz CT molecular complexity index is 696. The summed E-state index contributed by atoms with van der Waals surface area (Å²) in [5, 5.41) is 13.2. The summed E-state index contributed by atoms with van der Waals surface area (Å²) in [6.45, 7) is 2.85. The first-order valence-corrected chi connectivity index (χ1v) is 8.55. The first-order chi connectivity index (χ1) is 12.2. The van der Waals surface area contributed by atoms with Crippen molar-refractivity contribution < 1.29 is 14.6 Å². The molecule has 0 aromatic heterocycles. The van der Waals surface area contributed by atoms with Crippen molar-refractivity contribution >= 4 is 12.1 Å². The largest absolute Gasteiger partial charge is 0.508 e. The monoisotopic (exact) mass is 340 g/mol. The number of ether oxygens (including phenoxy) is 1. The Morgan fingerprint density at radius 3 is 2.64 bits per heavy atom. The van der Waals surface area contributed by atoms with Crippen LogP contribution in [-0.4, -0.2) is 23.8 Å². The highest BCUT2D eigenvalue weighted by molar-refractivity contribution is 5.95. The summed E-state index contributed by atoms with van der Waals surface area (Å²) in [7, 11) is 0. The smallest absolute Gasteiger partial charge is 0.271 e. The number of unbranched alkanes of at least 4 members (excludes halogenated alkanes) is 3. The topological polar surface area (TPSA) is 70.9 Å². The Labute approximate surface area is 148 Å². The van der Waals surface area contributed by atoms with Crippen molar-refractivity contribution in [3.63, 3.8) is 0 Å². The van der Waals surface area contributed by atoms with Gasteiger partial charge in [-0.05, 0) is 42.8 Å². The molecule has 0 unspecified atom stereocenters. The van der Waals surface area contributed by atoms with Gasteiger partial charge in [-0.15, -0.1) is 0 Å². The van der Waals surface area contributed by atoms with Crippen LogP contribution >= 0.6 is 0 Å². The summed E-state index contributed by atoms with van der Waals surface area (Å²) >= 11 is 0. The summed E-state index contributed by atoms with van der Waals surface area (Å²) < 4.78 is 5.81. The number of nitrogens with zero attached hydrogens (tertiary/aromatic N) is 1. The fourth-order valence-electron chi connectivity index (χ4n) is 2.27. The molecule has 5 heteroatoms. The third kappa shape index (κ3) is 6.30. The Morgan fingerprint density at radius 1 is 1.12 bits per heavy atom. The zero-order valence-electron chi connectivity index (χ0n) is 14.4. The van der Waals surface area contributed by atoms with Crippen molar-refractivity contribution in [2.75, 3.05) is 6.61 Å². The second kappa shape index (κ2) is 10.1. The number of para-hydroxylation sites is 1. The van der Waals surface area contributed by atoms with Gasteiger partial charge in [0.15, 0.2) is 0 Å². The first kappa shape index (κ1) is 18.5. The lowest BCUT2D eigenvalue weighted by Gasteiger charge is -2.08. The molecule has 0 bridgehead atoms. The second-order valence-corrected chi connectivity index (χ2v) is 5.69. The lowest BCUT2D eigenvalue weighted by Crippen LogP contribution is -2.17. The minimum absolute atomic E-state index is 0.116. The summed E-state index contributed by atoms with van der Waals surface area (Å²) in [6.07, 6.45) is 6.17. The van der Waals surface area contributed by atoms with Crippen molar-refractivity contribution in [1.82, 2.24) is 5.43 Å². The summed E-state index contributed by atoms with van der Waals surface area (Å²) in [5.74, 6) is 0.529. The number of hydrogen-bond donors (Lipinski definition) is 2. The Kier molecular flexibility index (Phi) is 7.50. The van der Waals surface area contributed by atoms with Gasteiger partial charge in [0.25, 0.3) is 5.91 Å². The van der Waals surface area contributed by atoms with Crippen LogP contribution in [0.5, 0.6) is 11.5 Å². The fraction of sp³-hybridized carbons (Fsp3) is 0.300. The van der Waals surface area contributed by atoms with E-state index in [0.29, 0.717) is 12.2 Å². The van der Waals surface area contributed by atoms with Crippen molar-refractivity contribution in [3.8, 4) is 11.5 Å². The molecule has 5 nitrogen and oxygen atoms in total. The van der Waals surface area contributed by atoms with E-state index in [-0.39, 0.29) is 11.7 Å². The molecule has 0 aliphatic heterocycles. The van der Waals surface area contributed by atoms with E-state index >= 15 is 0 Å². The molecule has 0 heterocycles. The van der Waals surface area contributed by atoms with Crippen molar-refractivity contribution in [1.29, 1.82) is 0 Å². The maximum atomic E-state index is 12.0. The SMILES string of the molecule is CCCCCCOc1ccccc1/C=N/NC(=O)c1ccc(O)cc1. The number of carbonyl (C=O) groups is 1. The highest BCUT2D eigenvalue weighted by Crippen LogP contribution is 2.16. The molecule has 0 saturated carbocycles. The van der Waals surface area contributed by atoms with Gasteiger partial charge < -0.3 is 9.84 Å². The Hall–Kier alpha value is -2.82. The van der Waals surface area contributed by atoms with Gasteiger partial charge in [-0.2, -0.15) is 5.10 Å². The van der Waals surface area contributed by atoms with Gasteiger partial charge in [0.2, 0.25) is 0 Å². The molecule has 0 saturated heterocycles. The number of hydrazone groups is 1. The minimum Gasteiger partial charge on any atom is -0.508 e. The average molecular weight is 340 g/mol. The average Bonchev–Trinajstić information content (AvgIpc) is 2.63. The highest BCUT2D eigenvalue weighted by Gasteiger charge is 2.04. The third-order valence-corrected chi connectivity index (χ3v) is 3.67. The molecule has 2 aromatic carbocycles. The van der Waals surface area contributed by atoms with E-state index in [1.54, 1.807) is 6.21 Å². The minimum atomic E-state index is -0.339. The van der Waals surface area contributed by atoms with Crippen molar-refractivity contribution in [3.05, 3.63) is 59.7 Å². The number of phenolic OH excluding ortho intramolecular Hbond substituents is 1. The summed E-state index contributed by atoms with van der Waals surface area (Å²) in [6, 6.07) is 13.6. The molecule has 1 amide bonds. The van der Waals surface area contributed by atoms with E-state index in [2.05, 4.69) is 17.5 Å². The van der Waals surface area contributed by atoms with E-state index in [0.717, 1.165) is 24.2 Å². The van der Waals surface area contributed by atoms with Crippen LogP contribution in [-0.2, 0) is 0 Å². The number of hydrogen-bond acceptors (Lipinski definition) is 4. The molecule has 2 aromatic rings. The van der Waals surface area contributed by atoms with E-state index in [1.807, 2.05) is 24.3 Å². The molecule has 132 valence electrons. The van der Waals surface area contributed by atoms with Crippen LogP contribution in [0.3, 0.4) is 0 Å². The zero-order valence-corrected chi connectivity index (χ0v) is 14.4. The molecule has 2 rings (SSSR count). The van der Waals surface area contributed by atoms with E-state index in [4.69, 9.17) is 4.74 Å². The number of phenols is 1. The Morgan fingerprint density at radius 2 is 1.88 bits per heavy atom. The van der Waals surface area contributed by atoms with Crippen LogP contribution in [0.1, 0.15) is 48.5 Å². The molecule has 0 radical (unpaired) electrons. The normalized spacial score (nSPS) is 10.8. The molecule has 0 aliphatic carbocycles. The van der Waals surface area contributed by atoms with Gasteiger partial charge in [0.1, 0.15) is 11.5 Å². The van der Waals surface area contributed by atoms with Crippen LogP contribution < -0.4 is 10.2 Å². The second-order valence-electron chi connectivity index (χ2n) is 5.69. The lowest BCUT2D eigenvalue weighted by atomic mass is 10.2. The molecule has 2 N–H and O–H groups in total. The predicted octanol–water partition coefficient (Wildman–Crippen LogP) is 4.12. The zero-order chi connectivity index (χ0) is 17.9. The van der Waals surface area contributed by atoms with E-state index in [1.165, 1.54) is 37.1 Å². The third-order valence-electron chi connectivity index (χ3n) is 3.67. The van der Waals surface area contributed by atoms with E-state index in [9.17, 15) is 9.90 Å². The van der Waals surface area contributed by atoms with Gasteiger partial charge in [-0.1, -0.05) is 38.3 Å². The summed E-state index contributed by atoms with van der Waals surface area (Å²) in [5.41, 5.74) is 3.71. The van der Waals surface area contributed by atoms with Crippen LogP contribution in [0.15, 0.2) is 53.6 Å². The maximum Gasteiger partial charge on any atom is 0.271 e. The number of amides is 1. The summed E-state index contributed by atoms with van der Waals surface area (Å²) in [4.78, 5) is 12.0. The standard InChI is InChI=1S/C20H24N2O3/c1-2-3-4-7-14-25-19-9-6-5-8-17(19)15-21-22-20(24)16-10-12-18(23)13-11-16/h5-6,8-13,15,23H,2-4,7,14H2,1H3,(H,22,24)/b21-15+. The molecule has 0 atom stereocenters. The van der Waals surface area contributed by atoms with E-state index < -0.39 is 0 Å². The molecule has 25 heavy (non-hydrogen) atoms. The molecule has 0 aliphatic rings. The highest BCUT2D eigenvalue weighted by atomic mass is 16.5. The predicted molar refractivity (Wildman–Crippen MR) is 99.2 cm³/mol. The number of aromatic hydroxyl groups is 1. The fourth-order valence-corrected chi connectivity index (χ4v) is 2.27. The van der Waals surface area contributed by atoms with Gasteiger partial charge in [0.05, 0.1) is 12.8 Å². The first-order valence-electron chi connectivity index (χ1n) is 8.55. The van der Waals surface area contributed by atoms with Gasteiger partial charge in [-0.3, -0.25) is 4.79 Å². The number of carbonyl (C=O) groups excluding carboxylic acids is 1. The maximum absolute atomic E-state index is 12.0. The van der Waals surface area contributed by atoms with Crippen LogP contribution in [0.2, 0.25) is 0 Å². The van der Waals surface area contributed by atoms with Crippen LogP contribution in [0.4, 0.5) is 0 Å². The lowest BCUT2D eigenvalue weighted by molar-refractivity contribution is 0.0955. The molecule has 0 spiro atoms. The van der Waals surface area contributed by atoms with Crippen LogP contribution in [0.25, 0.3) is 0 Å². The number of rotatable bonds is 9. The van der Waals surface area contributed by atoms with Gasteiger partial charge in [-0.25, -0.2) is 5.43 Å². The molecule has 0 fully saturated rings. The molecular weight excluding hydrogens is 316 g/mol. The van der Waals surface area contributed by atoms with Crippen molar-refractivity contribution in [2.24, 2.45) is 5.10 Å². The van der Waals surface area contributed by atoms with Gasteiger partial charge in [0, 0.05) is 11.1 Å². The number of nitrogens with one attached hydrogen (secondary N) is 1. The van der Waals surface area contributed by atoms with Crippen molar-refractivity contribution in [2.45, 2.75) is 32.6 Å². The Balaban J connectivity index is 1.89. The quantitative estimate of drug-likeness (QED) is 0.410.